The van der Waals surface area contributed by atoms with E-state index in [0.29, 0.717) is 12.8 Å². The molecule has 0 bridgehead atoms. The molecule has 0 aromatic rings. The van der Waals surface area contributed by atoms with Crippen LogP contribution in [0.3, 0.4) is 0 Å². The lowest BCUT2D eigenvalue weighted by Crippen LogP contribution is -2.60. The molecular weight excluding hydrogens is 803 g/mol. The fourth-order valence-electron chi connectivity index (χ4n) is 9.46. The summed E-state index contributed by atoms with van der Waals surface area (Å²) in [6, 6.07) is -0.711. The Morgan fingerprint density at radius 2 is 0.781 bits per heavy atom. The summed E-state index contributed by atoms with van der Waals surface area (Å²) in [6.07, 6.45) is 47.4. The Morgan fingerprint density at radius 1 is 0.469 bits per heavy atom. The molecule has 0 radical (unpaired) electrons. The van der Waals surface area contributed by atoms with Crippen molar-refractivity contribution in [1.29, 1.82) is 0 Å². The Morgan fingerprint density at radius 3 is 1.11 bits per heavy atom. The molecule has 9 nitrogen and oxygen atoms in total. The van der Waals surface area contributed by atoms with Crippen molar-refractivity contribution in [2.24, 2.45) is 0 Å². The monoisotopic (exact) mass is 912 g/mol. The van der Waals surface area contributed by atoms with Crippen LogP contribution in [0.2, 0.25) is 0 Å². The van der Waals surface area contributed by atoms with E-state index in [4.69, 9.17) is 9.47 Å². The van der Waals surface area contributed by atoms with Crippen LogP contribution < -0.4 is 5.32 Å². The predicted molar refractivity (Wildman–Crippen MR) is 268 cm³/mol. The molecule has 1 heterocycles. The lowest BCUT2D eigenvalue weighted by Gasteiger charge is -2.40. The maximum atomic E-state index is 13.0. The molecule has 0 aromatic heterocycles. The summed E-state index contributed by atoms with van der Waals surface area (Å²) >= 11 is 0. The minimum atomic E-state index is -1.55. The average molecular weight is 912 g/mol. The quantitative estimate of drug-likeness (QED) is 0.0331. The standard InChI is InChI=1S/C55H109NO8/c1-3-5-7-9-11-13-14-15-16-17-18-19-20-21-22-23-24-25-26-27-28-29-30-31-32-33-34-35-37-39-41-43-45-51(59)56-48(49(58)44-42-40-38-36-12-10-8-6-4-2)47-63-55-54(62)53(61)52(60)50(46-57)64-55/h48-50,52-55,57-58,60-62H,3-47H2,1-2H3,(H,56,59)/t48-,49+,50+,52+,53?,54?,55+/m0/s1. The number of aliphatic hydroxyl groups is 5. The van der Waals surface area contributed by atoms with Gasteiger partial charge < -0.3 is 40.3 Å². The Balaban J connectivity index is 2.03. The lowest BCUT2D eigenvalue weighted by molar-refractivity contribution is -0.302. The average Bonchev–Trinajstić information content (AvgIpc) is 3.29. The van der Waals surface area contributed by atoms with E-state index in [9.17, 15) is 30.3 Å². The van der Waals surface area contributed by atoms with E-state index in [1.54, 1.807) is 0 Å². The first kappa shape index (κ1) is 61.2. The molecule has 64 heavy (non-hydrogen) atoms. The first-order valence-electron chi connectivity index (χ1n) is 28.2. The molecule has 2 unspecified atom stereocenters. The van der Waals surface area contributed by atoms with Crippen molar-refractivity contribution in [2.75, 3.05) is 13.2 Å². The van der Waals surface area contributed by atoms with E-state index < -0.39 is 49.5 Å². The molecule has 0 spiro atoms. The largest absolute Gasteiger partial charge is 0.394 e. The third-order valence-corrected chi connectivity index (χ3v) is 14.0. The molecule has 7 atom stereocenters. The smallest absolute Gasteiger partial charge is 0.220 e. The van der Waals surface area contributed by atoms with Gasteiger partial charge in [0.2, 0.25) is 5.91 Å². The summed E-state index contributed by atoms with van der Waals surface area (Å²) < 4.78 is 11.3. The molecule has 1 saturated heterocycles. The number of hydrogen-bond donors (Lipinski definition) is 6. The van der Waals surface area contributed by atoms with Gasteiger partial charge in [-0.1, -0.05) is 271 Å². The predicted octanol–water partition coefficient (Wildman–Crippen LogP) is 13.5. The number of aliphatic hydroxyl groups excluding tert-OH is 5. The van der Waals surface area contributed by atoms with Gasteiger partial charge in [-0.15, -0.1) is 0 Å². The van der Waals surface area contributed by atoms with Gasteiger partial charge in [-0.25, -0.2) is 0 Å². The van der Waals surface area contributed by atoms with Crippen molar-refractivity contribution in [3.05, 3.63) is 0 Å². The van der Waals surface area contributed by atoms with Crippen molar-refractivity contribution in [1.82, 2.24) is 5.32 Å². The van der Waals surface area contributed by atoms with Gasteiger partial charge in [-0.2, -0.15) is 0 Å². The van der Waals surface area contributed by atoms with Crippen LogP contribution >= 0.6 is 0 Å². The molecule has 6 N–H and O–H groups in total. The number of carbonyl (C=O) groups is 1. The fraction of sp³-hybridized carbons (Fsp3) is 0.982. The van der Waals surface area contributed by atoms with Crippen molar-refractivity contribution in [2.45, 2.75) is 333 Å². The second-order valence-corrected chi connectivity index (χ2v) is 20.1. The van der Waals surface area contributed by atoms with Crippen LogP contribution in [0.4, 0.5) is 0 Å². The summed E-state index contributed by atoms with van der Waals surface area (Å²) in [7, 11) is 0. The van der Waals surface area contributed by atoms with Crippen LogP contribution in [0.25, 0.3) is 0 Å². The SMILES string of the molecule is CCCCCCCCCCCCCCCCCCCCCCCCCCCCCCCCCCC(=O)N[C@@H](CO[C@@H]1O[C@H](CO)[C@@H](O)C(O)C1O)[C@H](O)CCCCCCCCCCC. The van der Waals surface area contributed by atoms with Gasteiger partial charge in [0.15, 0.2) is 6.29 Å². The van der Waals surface area contributed by atoms with E-state index in [0.717, 1.165) is 38.5 Å². The van der Waals surface area contributed by atoms with Gasteiger partial charge in [0.1, 0.15) is 24.4 Å². The molecule has 1 aliphatic heterocycles. The molecule has 0 aliphatic carbocycles. The van der Waals surface area contributed by atoms with Crippen LogP contribution in [-0.2, 0) is 14.3 Å². The van der Waals surface area contributed by atoms with E-state index in [1.165, 1.54) is 225 Å². The van der Waals surface area contributed by atoms with Crippen LogP contribution in [0.15, 0.2) is 0 Å². The van der Waals surface area contributed by atoms with Gasteiger partial charge in [-0.3, -0.25) is 4.79 Å². The second-order valence-electron chi connectivity index (χ2n) is 20.1. The van der Waals surface area contributed by atoms with Crippen molar-refractivity contribution in [3.8, 4) is 0 Å². The highest BCUT2D eigenvalue weighted by atomic mass is 16.7. The van der Waals surface area contributed by atoms with Crippen LogP contribution in [0, 0.1) is 0 Å². The number of nitrogens with one attached hydrogen (secondary N) is 1. The highest BCUT2D eigenvalue weighted by Gasteiger charge is 2.44. The van der Waals surface area contributed by atoms with Gasteiger partial charge in [-0.05, 0) is 12.8 Å². The summed E-state index contributed by atoms with van der Waals surface area (Å²) in [5, 5.41) is 54.3. The number of carbonyl (C=O) groups excluding carboxylic acids is 1. The number of rotatable bonds is 49. The Bertz CT molecular complexity index is 970. The van der Waals surface area contributed by atoms with Crippen molar-refractivity contribution in [3.63, 3.8) is 0 Å². The van der Waals surface area contributed by atoms with Crippen molar-refractivity contribution >= 4 is 5.91 Å². The van der Waals surface area contributed by atoms with Gasteiger partial charge in [0, 0.05) is 6.42 Å². The Labute approximate surface area is 395 Å². The third-order valence-electron chi connectivity index (χ3n) is 14.0. The number of unbranched alkanes of at least 4 members (excludes halogenated alkanes) is 39. The molecule has 1 amide bonds. The summed E-state index contributed by atoms with van der Waals surface area (Å²) in [4.78, 5) is 13.0. The first-order valence-corrected chi connectivity index (χ1v) is 28.2. The first-order chi connectivity index (χ1) is 31.3. The summed E-state index contributed by atoms with van der Waals surface area (Å²) in [5.74, 6) is -0.140. The second kappa shape index (κ2) is 45.9. The molecule has 1 rings (SSSR count). The summed E-state index contributed by atoms with van der Waals surface area (Å²) in [5.41, 5.74) is 0. The number of ether oxygens (including phenoxy) is 2. The lowest BCUT2D eigenvalue weighted by atomic mass is 9.99. The normalized spacial score (nSPS) is 19.9. The maximum Gasteiger partial charge on any atom is 0.220 e. The fourth-order valence-corrected chi connectivity index (χ4v) is 9.46. The topological polar surface area (TPSA) is 149 Å². The minimum absolute atomic E-state index is 0.132. The minimum Gasteiger partial charge on any atom is -0.394 e. The molecular formula is C55H109NO8. The highest BCUT2D eigenvalue weighted by Crippen LogP contribution is 2.23. The van der Waals surface area contributed by atoms with Gasteiger partial charge >= 0.3 is 0 Å². The zero-order chi connectivity index (χ0) is 46.6. The van der Waals surface area contributed by atoms with Gasteiger partial charge in [0.05, 0.1) is 25.4 Å². The summed E-state index contributed by atoms with van der Waals surface area (Å²) in [6.45, 7) is 3.84. The van der Waals surface area contributed by atoms with Crippen LogP contribution in [0.1, 0.15) is 290 Å². The third kappa shape index (κ3) is 35.3. The zero-order valence-corrected chi connectivity index (χ0v) is 42.3. The number of hydrogen-bond acceptors (Lipinski definition) is 8. The van der Waals surface area contributed by atoms with Crippen molar-refractivity contribution < 1.29 is 39.8 Å². The molecule has 0 aromatic carbocycles. The zero-order valence-electron chi connectivity index (χ0n) is 42.3. The molecule has 1 fully saturated rings. The van der Waals surface area contributed by atoms with E-state index in [2.05, 4.69) is 19.2 Å². The molecule has 0 saturated carbocycles. The molecule has 1 aliphatic rings. The van der Waals surface area contributed by atoms with E-state index in [-0.39, 0.29) is 12.5 Å². The van der Waals surface area contributed by atoms with Crippen LogP contribution in [-0.4, -0.2) is 87.5 Å². The van der Waals surface area contributed by atoms with E-state index in [1.807, 2.05) is 0 Å². The highest BCUT2D eigenvalue weighted by molar-refractivity contribution is 5.76. The molecule has 382 valence electrons. The van der Waals surface area contributed by atoms with Crippen LogP contribution in [0.5, 0.6) is 0 Å². The van der Waals surface area contributed by atoms with Gasteiger partial charge in [0.25, 0.3) is 0 Å². The Kier molecular flexibility index (Phi) is 43.9. The van der Waals surface area contributed by atoms with E-state index >= 15 is 0 Å². The Hall–Kier alpha value is -0.810. The number of amides is 1. The maximum absolute atomic E-state index is 13.0. The molecule has 9 heteroatoms.